The lowest BCUT2D eigenvalue weighted by atomic mass is 9.96. The van der Waals surface area contributed by atoms with Gasteiger partial charge in [0.25, 0.3) is 5.91 Å². The van der Waals surface area contributed by atoms with E-state index in [1.165, 1.54) is 5.56 Å². The average molecular weight is 458 g/mol. The lowest BCUT2D eigenvalue weighted by Gasteiger charge is -2.25. The van der Waals surface area contributed by atoms with Crippen molar-refractivity contribution in [2.24, 2.45) is 0 Å². The topological polar surface area (TPSA) is 50.5 Å². The van der Waals surface area contributed by atoms with Crippen molar-refractivity contribution < 1.29 is 9.21 Å². The number of hydrogen-bond donors (Lipinski definition) is 0. The summed E-state index contributed by atoms with van der Waals surface area (Å²) in [5.74, 6) is -0.176. The van der Waals surface area contributed by atoms with Crippen molar-refractivity contribution in [3.05, 3.63) is 115 Å². The largest absolute Gasteiger partial charge is 0.450 e. The summed E-state index contributed by atoms with van der Waals surface area (Å²) in [6.07, 6.45) is 0.912. The lowest BCUT2D eigenvalue weighted by Crippen LogP contribution is -2.29. The molecule has 0 N–H and O–H groups in total. The van der Waals surface area contributed by atoms with E-state index in [1.54, 1.807) is 11.0 Å². The van der Waals surface area contributed by atoms with Crippen LogP contribution in [-0.2, 0) is 13.0 Å². The van der Waals surface area contributed by atoms with Crippen molar-refractivity contribution >= 4 is 28.5 Å². The Morgan fingerprint density at radius 2 is 1.73 bits per heavy atom. The van der Waals surface area contributed by atoms with E-state index in [1.807, 2.05) is 68.4 Å². The van der Waals surface area contributed by atoms with Crippen LogP contribution in [0.15, 0.2) is 69.9 Å². The normalized spacial score (nSPS) is 15.3. The Hall–Kier alpha value is -3.37. The molecule has 1 atom stereocenters. The van der Waals surface area contributed by atoms with Crippen LogP contribution in [0.25, 0.3) is 11.0 Å². The van der Waals surface area contributed by atoms with E-state index in [0.717, 1.165) is 28.7 Å². The van der Waals surface area contributed by atoms with Crippen LogP contribution in [0.2, 0.25) is 5.02 Å². The van der Waals surface area contributed by atoms with E-state index >= 15 is 0 Å². The number of halogens is 1. The molecule has 2 heterocycles. The SMILES string of the molecule is CCc1ccc(C2c3c(oc4c(C)cc(C)cc4c3=O)C(=O)N2Cc2ccccc2Cl)cc1. The lowest BCUT2D eigenvalue weighted by molar-refractivity contribution is 0.0714. The maximum atomic E-state index is 13.8. The number of benzene rings is 3. The van der Waals surface area contributed by atoms with Crippen LogP contribution in [0.5, 0.6) is 0 Å². The van der Waals surface area contributed by atoms with Gasteiger partial charge in [-0.25, -0.2) is 0 Å². The first-order valence-electron chi connectivity index (χ1n) is 11.1. The molecule has 166 valence electrons. The van der Waals surface area contributed by atoms with Crippen molar-refractivity contribution in [3.63, 3.8) is 0 Å². The average Bonchev–Trinajstić information content (AvgIpc) is 3.08. The van der Waals surface area contributed by atoms with Crippen LogP contribution in [0.1, 0.15) is 56.9 Å². The summed E-state index contributed by atoms with van der Waals surface area (Å²) in [6.45, 7) is 6.22. The summed E-state index contributed by atoms with van der Waals surface area (Å²) in [5.41, 5.74) is 5.42. The minimum atomic E-state index is -0.545. The number of rotatable bonds is 4. The summed E-state index contributed by atoms with van der Waals surface area (Å²) < 4.78 is 6.15. The Balaban J connectivity index is 1.75. The van der Waals surface area contributed by atoms with Gasteiger partial charge in [-0.1, -0.05) is 67.1 Å². The highest BCUT2D eigenvalue weighted by molar-refractivity contribution is 6.31. The summed E-state index contributed by atoms with van der Waals surface area (Å²) in [6, 6.07) is 18.8. The molecule has 1 aromatic heterocycles. The van der Waals surface area contributed by atoms with Crippen LogP contribution < -0.4 is 5.43 Å². The molecule has 0 saturated carbocycles. The molecule has 3 aromatic carbocycles. The fourth-order valence-electron chi connectivity index (χ4n) is 4.73. The zero-order valence-corrected chi connectivity index (χ0v) is 19.6. The monoisotopic (exact) mass is 457 g/mol. The van der Waals surface area contributed by atoms with Crippen molar-refractivity contribution in [2.75, 3.05) is 0 Å². The summed E-state index contributed by atoms with van der Waals surface area (Å²) >= 11 is 6.43. The predicted molar refractivity (Wildman–Crippen MR) is 131 cm³/mol. The Bertz CT molecular complexity index is 1450. The number of carbonyl (C=O) groups is 1. The van der Waals surface area contributed by atoms with E-state index in [4.69, 9.17) is 16.0 Å². The van der Waals surface area contributed by atoms with Gasteiger partial charge in [0.15, 0.2) is 5.43 Å². The number of carbonyl (C=O) groups excluding carboxylic acids is 1. The maximum Gasteiger partial charge on any atom is 0.291 e. The van der Waals surface area contributed by atoms with E-state index in [0.29, 0.717) is 21.6 Å². The third kappa shape index (κ3) is 3.55. The summed E-state index contributed by atoms with van der Waals surface area (Å²) in [4.78, 5) is 29.1. The second-order valence-corrected chi connectivity index (χ2v) is 9.06. The van der Waals surface area contributed by atoms with Gasteiger partial charge in [0.2, 0.25) is 5.76 Å². The standard InChI is InChI=1S/C28H24ClNO3/c1-4-18-9-11-19(12-10-18)24-23-25(31)21-14-16(2)13-17(3)26(21)33-27(23)28(32)30(24)15-20-7-5-6-8-22(20)29/h5-14,24H,4,15H2,1-3H3. The summed E-state index contributed by atoms with van der Waals surface area (Å²) in [7, 11) is 0. The van der Waals surface area contributed by atoms with Crippen LogP contribution in [-0.4, -0.2) is 10.8 Å². The van der Waals surface area contributed by atoms with Crippen LogP contribution >= 0.6 is 11.6 Å². The first kappa shape index (κ1) is 21.5. The van der Waals surface area contributed by atoms with E-state index < -0.39 is 6.04 Å². The van der Waals surface area contributed by atoms with Gasteiger partial charge in [-0.2, -0.15) is 0 Å². The molecular formula is C28H24ClNO3. The van der Waals surface area contributed by atoms with Gasteiger partial charge in [0.05, 0.1) is 17.0 Å². The molecule has 1 unspecified atom stereocenters. The molecule has 1 aliphatic heterocycles. The molecule has 0 spiro atoms. The van der Waals surface area contributed by atoms with Crippen LogP contribution in [0.4, 0.5) is 0 Å². The molecule has 33 heavy (non-hydrogen) atoms. The fraction of sp³-hybridized carbons (Fsp3) is 0.214. The first-order chi connectivity index (χ1) is 15.9. The third-order valence-electron chi connectivity index (χ3n) is 6.40. The molecular weight excluding hydrogens is 434 g/mol. The second kappa shape index (κ2) is 8.20. The smallest absolute Gasteiger partial charge is 0.291 e. The van der Waals surface area contributed by atoms with E-state index in [-0.39, 0.29) is 23.6 Å². The molecule has 0 fully saturated rings. The van der Waals surface area contributed by atoms with Gasteiger partial charge >= 0.3 is 0 Å². The van der Waals surface area contributed by atoms with Gasteiger partial charge in [-0.3, -0.25) is 9.59 Å². The van der Waals surface area contributed by atoms with Gasteiger partial charge in [-0.05, 0) is 60.2 Å². The minimum absolute atomic E-state index is 0.121. The second-order valence-electron chi connectivity index (χ2n) is 8.65. The quantitative estimate of drug-likeness (QED) is 0.357. The molecule has 0 bridgehead atoms. The maximum absolute atomic E-state index is 13.8. The van der Waals surface area contributed by atoms with E-state index in [9.17, 15) is 9.59 Å². The highest BCUT2D eigenvalue weighted by atomic mass is 35.5. The molecule has 0 aliphatic carbocycles. The Morgan fingerprint density at radius 1 is 1.00 bits per heavy atom. The molecule has 1 amide bonds. The van der Waals surface area contributed by atoms with Crippen LogP contribution in [0.3, 0.4) is 0 Å². The Labute approximate surface area is 197 Å². The third-order valence-corrected chi connectivity index (χ3v) is 6.77. The van der Waals surface area contributed by atoms with Crippen molar-refractivity contribution in [2.45, 2.75) is 39.8 Å². The van der Waals surface area contributed by atoms with Gasteiger partial charge in [0, 0.05) is 11.6 Å². The first-order valence-corrected chi connectivity index (χ1v) is 11.5. The molecule has 0 radical (unpaired) electrons. The van der Waals surface area contributed by atoms with E-state index in [2.05, 4.69) is 6.92 Å². The van der Waals surface area contributed by atoms with Gasteiger partial charge < -0.3 is 9.32 Å². The van der Waals surface area contributed by atoms with Crippen molar-refractivity contribution in [1.29, 1.82) is 0 Å². The molecule has 0 saturated heterocycles. The zero-order valence-electron chi connectivity index (χ0n) is 18.8. The molecule has 5 rings (SSSR count). The number of fused-ring (bicyclic) bond motifs is 2. The molecule has 4 aromatic rings. The summed E-state index contributed by atoms with van der Waals surface area (Å²) in [5, 5.41) is 1.09. The highest BCUT2D eigenvalue weighted by Crippen LogP contribution is 2.40. The minimum Gasteiger partial charge on any atom is -0.450 e. The number of nitrogens with zero attached hydrogens (tertiary/aromatic N) is 1. The van der Waals surface area contributed by atoms with Gasteiger partial charge in [0.1, 0.15) is 5.58 Å². The van der Waals surface area contributed by atoms with Crippen molar-refractivity contribution in [3.8, 4) is 0 Å². The molecule has 5 heteroatoms. The molecule has 1 aliphatic rings. The molecule has 4 nitrogen and oxygen atoms in total. The number of amides is 1. The zero-order chi connectivity index (χ0) is 23.3. The Kier molecular flexibility index (Phi) is 5.34. The Morgan fingerprint density at radius 3 is 2.42 bits per heavy atom. The number of hydrogen-bond acceptors (Lipinski definition) is 3. The fourth-order valence-corrected chi connectivity index (χ4v) is 4.93. The predicted octanol–water partition coefficient (Wildman–Crippen LogP) is 6.37. The van der Waals surface area contributed by atoms with Crippen LogP contribution in [0, 0.1) is 13.8 Å². The number of aryl methyl sites for hydroxylation is 3. The van der Waals surface area contributed by atoms with Gasteiger partial charge in [-0.15, -0.1) is 0 Å². The highest BCUT2D eigenvalue weighted by Gasteiger charge is 2.43. The van der Waals surface area contributed by atoms with Crippen molar-refractivity contribution in [1.82, 2.24) is 4.90 Å².